The molecule has 0 radical (unpaired) electrons. The van der Waals surface area contributed by atoms with Gasteiger partial charge >= 0.3 is 0 Å². The third kappa shape index (κ3) is 3.44. The van der Waals surface area contributed by atoms with Crippen LogP contribution < -0.4 is 5.32 Å². The molecule has 1 atom stereocenters. The molecule has 0 amide bonds. The number of rotatable bonds is 5. The first-order chi connectivity index (χ1) is 8.20. The van der Waals surface area contributed by atoms with Crippen LogP contribution in [0.15, 0.2) is 37.3 Å². The maximum atomic E-state index is 5.12. The standard InChI is InChI=1S/C12H13Br2NOS/c1-2-15-10(5-8-3-4-16-7-8)11-6-9(13)12(14)17-11/h3-4,6-7,10,15H,2,5H2,1H3. The van der Waals surface area contributed by atoms with Crippen LogP contribution in [0.3, 0.4) is 0 Å². The van der Waals surface area contributed by atoms with Crippen LogP contribution >= 0.6 is 43.2 Å². The number of furan rings is 1. The molecule has 0 fully saturated rings. The van der Waals surface area contributed by atoms with Crippen molar-refractivity contribution in [1.29, 1.82) is 0 Å². The second-order valence-electron chi connectivity index (χ2n) is 3.72. The van der Waals surface area contributed by atoms with E-state index >= 15 is 0 Å². The number of hydrogen-bond donors (Lipinski definition) is 1. The van der Waals surface area contributed by atoms with Crippen LogP contribution in [-0.2, 0) is 6.42 Å². The summed E-state index contributed by atoms with van der Waals surface area (Å²) in [5.41, 5.74) is 1.22. The minimum Gasteiger partial charge on any atom is -0.472 e. The lowest BCUT2D eigenvalue weighted by Gasteiger charge is -2.15. The Kier molecular flexibility index (Phi) is 4.85. The van der Waals surface area contributed by atoms with Crippen molar-refractivity contribution in [3.8, 4) is 0 Å². The van der Waals surface area contributed by atoms with Gasteiger partial charge in [0.05, 0.1) is 16.3 Å². The molecule has 2 aromatic heterocycles. The highest BCUT2D eigenvalue weighted by Crippen LogP contribution is 2.36. The number of halogens is 2. The summed E-state index contributed by atoms with van der Waals surface area (Å²) in [5, 5.41) is 3.50. The molecule has 0 spiro atoms. The highest BCUT2D eigenvalue weighted by molar-refractivity contribution is 9.13. The first-order valence-corrected chi connectivity index (χ1v) is 7.80. The van der Waals surface area contributed by atoms with E-state index in [0.717, 1.165) is 21.2 Å². The molecule has 2 nitrogen and oxygen atoms in total. The summed E-state index contributed by atoms with van der Waals surface area (Å²) in [4.78, 5) is 1.33. The summed E-state index contributed by atoms with van der Waals surface area (Å²) in [5.74, 6) is 0. The third-order valence-electron chi connectivity index (χ3n) is 2.48. The molecule has 1 unspecified atom stereocenters. The van der Waals surface area contributed by atoms with E-state index in [1.54, 1.807) is 17.6 Å². The van der Waals surface area contributed by atoms with Crippen molar-refractivity contribution in [1.82, 2.24) is 5.32 Å². The number of likely N-dealkylation sites (N-methyl/N-ethyl adjacent to an activating group) is 1. The Morgan fingerprint density at radius 3 is 2.82 bits per heavy atom. The van der Waals surface area contributed by atoms with E-state index in [9.17, 15) is 0 Å². The van der Waals surface area contributed by atoms with Crippen molar-refractivity contribution in [2.45, 2.75) is 19.4 Å². The summed E-state index contributed by atoms with van der Waals surface area (Å²) in [6, 6.07) is 4.52. The molecule has 0 bridgehead atoms. The summed E-state index contributed by atoms with van der Waals surface area (Å²) in [7, 11) is 0. The van der Waals surface area contributed by atoms with Gasteiger partial charge in [-0.15, -0.1) is 11.3 Å². The third-order valence-corrected chi connectivity index (χ3v) is 5.85. The zero-order chi connectivity index (χ0) is 12.3. The molecule has 0 aromatic carbocycles. The van der Waals surface area contributed by atoms with E-state index in [-0.39, 0.29) is 0 Å². The van der Waals surface area contributed by atoms with Gasteiger partial charge in [0.15, 0.2) is 0 Å². The molecule has 1 N–H and O–H groups in total. The lowest BCUT2D eigenvalue weighted by Crippen LogP contribution is -2.21. The Labute approximate surface area is 122 Å². The largest absolute Gasteiger partial charge is 0.472 e. The lowest BCUT2D eigenvalue weighted by molar-refractivity contribution is 0.540. The minimum atomic E-state index is 0.338. The molecule has 92 valence electrons. The van der Waals surface area contributed by atoms with Gasteiger partial charge in [-0.3, -0.25) is 0 Å². The predicted octanol–water partition coefficient (Wildman–Crippen LogP) is 4.76. The Bertz CT molecular complexity index is 447. The highest BCUT2D eigenvalue weighted by atomic mass is 79.9. The molecule has 0 aliphatic carbocycles. The van der Waals surface area contributed by atoms with E-state index in [0.29, 0.717) is 6.04 Å². The summed E-state index contributed by atoms with van der Waals surface area (Å²) >= 11 is 8.83. The molecule has 17 heavy (non-hydrogen) atoms. The van der Waals surface area contributed by atoms with Gasteiger partial charge in [0.25, 0.3) is 0 Å². The van der Waals surface area contributed by atoms with Gasteiger partial charge in [0, 0.05) is 15.4 Å². The second-order valence-corrected chi connectivity index (χ2v) is 6.97. The molecular weight excluding hydrogens is 366 g/mol. The number of nitrogens with one attached hydrogen (secondary N) is 1. The summed E-state index contributed by atoms with van der Waals surface area (Å²) < 4.78 is 7.37. The van der Waals surface area contributed by atoms with Gasteiger partial charge in [-0.05, 0) is 62.5 Å². The van der Waals surface area contributed by atoms with Crippen LogP contribution in [0.1, 0.15) is 23.4 Å². The average Bonchev–Trinajstić information content (AvgIpc) is 2.90. The zero-order valence-electron chi connectivity index (χ0n) is 9.37. The van der Waals surface area contributed by atoms with E-state index in [1.807, 2.05) is 12.3 Å². The Morgan fingerprint density at radius 2 is 2.29 bits per heavy atom. The SMILES string of the molecule is CCNC(Cc1ccoc1)c1cc(Br)c(Br)s1. The molecule has 0 aliphatic rings. The lowest BCUT2D eigenvalue weighted by atomic mass is 10.1. The maximum absolute atomic E-state index is 5.12. The van der Waals surface area contributed by atoms with Crippen LogP contribution in [0, 0.1) is 0 Å². The minimum absolute atomic E-state index is 0.338. The van der Waals surface area contributed by atoms with E-state index in [2.05, 4.69) is 50.2 Å². The van der Waals surface area contributed by atoms with Crippen molar-refractivity contribution in [3.63, 3.8) is 0 Å². The average molecular weight is 379 g/mol. The topological polar surface area (TPSA) is 25.2 Å². The quantitative estimate of drug-likeness (QED) is 0.811. The van der Waals surface area contributed by atoms with E-state index in [4.69, 9.17) is 4.42 Å². The maximum Gasteiger partial charge on any atom is 0.0935 e. The van der Waals surface area contributed by atoms with Crippen LogP contribution in [0.25, 0.3) is 0 Å². The molecular formula is C12H13Br2NOS. The van der Waals surface area contributed by atoms with Gasteiger partial charge in [-0.2, -0.15) is 0 Å². The number of hydrogen-bond acceptors (Lipinski definition) is 3. The molecule has 2 rings (SSSR count). The second kappa shape index (κ2) is 6.18. The molecule has 0 aliphatic heterocycles. The molecule has 0 saturated heterocycles. The van der Waals surface area contributed by atoms with Crippen molar-refractivity contribution in [3.05, 3.63) is 43.4 Å². The summed E-state index contributed by atoms with van der Waals surface area (Å²) in [6.07, 6.45) is 4.48. The van der Waals surface area contributed by atoms with Gasteiger partial charge < -0.3 is 9.73 Å². The fourth-order valence-electron chi connectivity index (χ4n) is 1.70. The predicted molar refractivity (Wildman–Crippen MR) is 78.5 cm³/mol. The monoisotopic (exact) mass is 377 g/mol. The van der Waals surface area contributed by atoms with Crippen LogP contribution in [0.4, 0.5) is 0 Å². The first kappa shape index (κ1) is 13.3. The molecule has 0 saturated carbocycles. The highest BCUT2D eigenvalue weighted by Gasteiger charge is 2.16. The van der Waals surface area contributed by atoms with Crippen molar-refractivity contribution in [2.24, 2.45) is 0 Å². The molecule has 2 heterocycles. The Morgan fingerprint density at radius 1 is 1.47 bits per heavy atom. The van der Waals surface area contributed by atoms with Gasteiger partial charge in [0.2, 0.25) is 0 Å². The van der Waals surface area contributed by atoms with E-state index < -0.39 is 0 Å². The van der Waals surface area contributed by atoms with Crippen molar-refractivity contribution < 1.29 is 4.42 Å². The molecule has 5 heteroatoms. The zero-order valence-corrected chi connectivity index (χ0v) is 13.4. The van der Waals surface area contributed by atoms with Crippen LogP contribution in [0.2, 0.25) is 0 Å². The van der Waals surface area contributed by atoms with Gasteiger partial charge in [-0.1, -0.05) is 6.92 Å². The first-order valence-electron chi connectivity index (χ1n) is 5.40. The Balaban J connectivity index is 2.16. The van der Waals surface area contributed by atoms with Crippen LogP contribution in [-0.4, -0.2) is 6.54 Å². The van der Waals surface area contributed by atoms with Crippen molar-refractivity contribution in [2.75, 3.05) is 6.54 Å². The fourth-order valence-corrected chi connectivity index (χ4v) is 3.86. The summed E-state index contributed by atoms with van der Waals surface area (Å²) in [6.45, 7) is 3.08. The van der Waals surface area contributed by atoms with Gasteiger partial charge in [0.1, 0.15) is 0 Å². The fraction of sp³-hybridized carbons (Fsp3) is 0.333. The van der Waals surface area contributed by atoms with Crippen molar-refractivity contribution >= 4 is 43.2 Å². The normalized spacial score (nSPS) is 12.9. The van der Waals surface area contributed by atoms with Gasteiger partial charge in [-0.25, -0.2) is 0 Å². The Hall–Kier alpha value is -0.1000. The smallest absolute Gasteiger partial charge is 0.0935 e. The molecule has 2 aromatic rings. The van der Waals surface area contributed by atoms with Crippen LogP contribution in [0.5, 0.6) is 0 Å². The van der Waals surface area contributed by atoms with E-state index in [1.165, 1.54) is 10.4 Å². The number of thiophene rings is 1.